The van der Waals surface area contributed by atoms with E-state index in [4.69, 9.17) is 19.2 Å². The fourth-order valence-electron chi connectivity index (χ4n) is 4.35. The number of fused-ring (bicyclic) bond motifs is 1. The van der Waals surface area contributed by atoms with Crippen molar-refractivity contribution in [3.05, 3.63) is 91.8 Å². The molecule has 0 bridgehead atoms. The van der Waals surface area contributed by atoms with Gasteiger partial charge in [-0.2, -0.15) is 9.78 Å². The first-order chi connectivity index (χ1) is 19.5. The summed E-state index contributed by atoms with van der Waals surface area (Å²) in [6.07, 6.45) is 0.279. The minimum atomic E-state index is -0.995. The number of nitro groups is 1. The molecular weight excluding hydrogens is 528 g/mol. The van der Waals surface area contributed by atoms with Crippen LogP contribution in [0.5, 0.6) is 11.5 Å². The summed E-state index contributed by atoms with van der Waals surface area (Å²) in [7, 11) is 2.83. The van der Waals surface area contributed by atoms with Crippen molar-refractivity contribution in [2.45, 2.75) is 39.7 Å². The second kappa shape index (κ2) is 12.0. The number of esters is 1. The van der Waals surface area contributed by atoms with E-state index < -0.39 is 22.6 Å². The number of nitrogens with zero attached hydrogens (tertiary/aromatic N) is 4. The molecule has 212 valence electrons. The van der Waals surface area contributed by atoms with E-state index in [1.165, 1.54) is 38.4 Å². The van der Waals surface area contributed by atoms with E-state index in [1.807, 2.05) is 32.9 Å². The number of carbonyl (C=O) groups excluding carboxylic acids is 1. The van der Waals surface area contributed by atoms with Crippen LogP contribution in [0.4, 0.5) is 5.69 Å². The standard InChI is InChI=1S/C30H30N4O7/c1-17(2)23-15-24(18(3)13-27(23)39-5)28-32-25-10-8-7-9-22(25)29(35)33(28)31-16-20-14-21(34(37)38)11-12-26(20)41-19(4)30(36)40-6/h7-17,19H,1-6H3/t19-/m1/s1. The molecule has 1 heterocycles. The number of nitro benzene ring substituents is 1. The largest absolute Gasteiger partial charge is 0.496 e. The monoisotopic (exact) mass is 558 g/mol. The van der Waals surface area contributed by atoms with Gasteiger partial charge in [-0.15, -0.1) is 0 Å². The van der Waals surface area contributed by atoms with Crippen LogP contribution in [0.3, 0.4) is 0 Å². The van der Waals surface area contributed by atoms with Gasteiger partial charge in [-0.05, 0) is 61.2 Å². The van der Waals surface area contributed by atoms with Crippen LogP contribution in [0.15, 0.2) is 64.5 Å². The molecule has 0 aliphatic carbocycles. The third-order valence-corrected chi connectivity index (χ3v) is 6.55. The maximum absolute atomic E-state index is 13.7. The highest BCUT2D eigenvalue weighted by atomic mass is 16.6. The van der Waals surface area contributed by atoms with Gasteiger partial charge < -0.3 is 14.2 Å². The van der Waals surface area contributed by atoms with Gasteiger partial charge in [-0.3, -0.25) is 14.9 Å². The number of non-ortho nitro benzene ring substituents is 1. The van der Waals surface area contributed by atoms with E-state index in [9.17, 15) is 19.7 Å². The van der Waals surface area contributed by atoms with Gasteiger partial charge in [-0.25, -0.2) is 9.78 Å². The van der Waals surface area contributed by atoms with Gasteiger partial charge >= 0.3 is 5.97 Å². The van der Waals surface area contributed by atoms with Gasteiger partial charge in [0.1, 0.15) is 11.5 Å². The quantitative estimate of drug-likeness (QED) is 0.118. The number of ether oxygens (including phenoxy) is 3. The maximum Gasteiger partial charge on any atom is 0.346 e. The van der Waals surface area contributed by atoms with Crippen molar-refractivity contribution in [1.29, 1.82) is 0 Å². The number of aromatic nitrogens is 2. The van der Waals surface area contributed by atoms with Crippen molar-refractivity contribution in [2.75, 3.05) is 14.2 Å². The fourth-order valence-corrected chi connectivity index (χ4v) is 4.35. The molecular formula is C30H30N4O7. The molecule has 3 aromatic carbocycles. The number of rotatable bonds is 9. The highest BCUT2D eigenvalue weighted by Gasteiger charge is 2.20. The van der Waals surface area contributed by atoms with E-state index in [0.717, 1.165) is 21.6 Å². The first-order valence-electron chi connectivity index (χ1n) is 12.8. The van der Waals surface area contributed by atoms with Crippen LogP contribution in [0.2, 0.25) is 0 Å². The Morgan fingerprint density at radius 1 is 1.07 bits per heavy atom. The molecule has 0 unspecified atom stereocenters. The van der Waals surface area contributed by atoms with Crippen LogP contribution in [0.25, 0.3) is 22.3 Å². The Morgan fingerprint density at radius 2 is 1.80 bits per heavy atom. The fraction of sp³-hybridized carbons (Fsp3) is 0.267. The molecule has 4 rings (SSSR count). The first-order valence-corrected chi connectivity index (χ1v) is 12.8. The van der Waals surface area contributed by atoms with Gasteiger partial charge in [0.05, 0.1) is 36.3 Å². The molecule has 11 nitrogen and oxygen atoms in total. The second-order valence-corrected chi connectivity index (χ2v) is 9.64. The summed E-state index contributed by atoms with van der Waals surface area (Å²) < 4.78 is 17.2. The van der Waals surface area contributed by atoms with Crippen molar-refractivity contribution in [3.8, 4) is 22.9 Å². The topological polar surface area (TPSA) is 135 Å². The van der Waals surface area contributed by atoms with Crippen LogP contribution in [-0.4, -0.2) is 47.1 Å². The van der Waals surface area contributed by atoms with Crippen molar-refractivity contribution < 1.29 is 23.9 Å². The van der Waals surface area contributed by atoms with Crippen LogP contribution in [-0.2, 0) is 9.53 Å². The van der Waals surface area contributed by atoms with Gasteiger partial charge in [0, 0.05) is 23.3 Å². The minimum Gasteiger partial charge on any atom is -0.496 e. The lowest BCUT2D eigenvalue weighted by Gasteiger charge is -2.17. The Morgan fingerprint density at radius 3 is 2.46 bits per heavy atom. The highest BCUT2D eigenvalue weighted by molar-refractivity contribution is 5.86. The summed E-state index contributed by atoms with van der Waals surface area (Å²) >= 11 is 0. The molecule has 0 saturated carbocycles. The highest BCUT2D eigenvalue weighted by Crippen LogP contribution is 2.34. The number of carbonyl (C=O) groups is 1. The third kappa shape index (κ3) is 5.93. The predicted octanol–water partition coefficient (Wildman–Crippen LogP) is 5.23. The molecule has 0 N–H and O–H groups in total. The lowest BCUT2D eigenvalue weighted by atomic mass is 9.96. The van der Waals surface area contributed by atoms with Crippen molar-refractivity contribution in [3.63, 3.8) is 0 Å². The Kier molecular flexibility index (Phi) is 8.46. The number of hydrogen-bond donors (Lipinski definition) is 0. The van der Waals surface area contributed by atoms with Crippen molar-refractivity contribution in [1.82, 2.24) is 9.66 Å². The van der Waals surface area contributed by atoms with E-state index in [1.54, 1.807) is 31.4 Å². The summed E-state index contributed by atoms with van der Waals surface area (Å²) in [4.78, 5) is 41.4. The molecule has 1 aromatic heterocycles. The summed E-state index contributed by atoms with van der Waals surface area (Å²) in [6, 6.07) is 14.6. The molecule has 0 saturated heterocycles. The lowest BCUT2D eigenvalue weighted by Crippen LogP contribution is -2.25. The normalized spacial score (nSPS) is 12.1. The average molecular weight is 559 g/mol. The number of hydrogen-bond acceptors (Lipinski definition) is 9. The van der Waals surface area contributed by atoms with Crippen LogP contribution in [0.1, 0.15) is 43.4 Å². The molecule has 0 aliphatic heterocycles. The second-order valence-electron chi connectivity index (χ2n) is 9.64. The van der Waals surface area contributed by atoms with Gasteiger partial charge in [-0.1, -0.05) is 26.0 Å². The smallest absolute Gasteiger partial charge is 0.346 e. The van der Waals surface area contributed by atoms with E-state index >= 15 is 0 Å². The Labute approximate surface area is 236 Å². The molecule has 11 heteroatoms. The van der Waals surface area contributed by atoms with Crippen LogP contribution in [0, 0.1) is 17.0 Å². The predicted molar refractivity (Wildman–Crippen MR) is 155 cm³/mol. The summed E-state index contributed by atoms with van der Waals surface area (Å²) in [5.41, 5.74) is 2.42. The molecule has 0 fully saturated rings. The Balaban J connectivity index is 1.96. The van der Waals surface area contributed by atoms with Crippen molar-refractivity contribution >= 4 is 28.8 Å². The average Bonchev–Trinajstić information content (AvgIpc) is 2.96. The maximum atomic E-state index is 13.7. The van der Waals surface area contributed by atoms with Crippen LogP contribution < -0.4 is 15.0 Å². The van der Waals surface area contributed by atoms with Crippen molar-refractivity contribution in [2.24, 2.45) is 5.10 Å². The molecule has 1 atom stereocenters. The van der Waals surface area contributed by atoms with Gasteiger partial charge in [0.15, 0.2) is 11.9 Å². The molecule has 4 aromatic rings. The third-order valence-electron chi connectivity index (χ3n) is 6.55. The Bertz CT molecular complexity index is 1730. The molecule has 0 aliphatic rings. The summed E-state index contributed by atoms with van der Waals surface area (Å²) in [6.45, 7) is 7.45. The molecule has 0 spiro atoms. The van der Waals surface area contributed by atoms with Crippen LogP contribution >= 0.6 is 0 Å². The van der Waals surface area contributed by atoms with E-state index in [-0.39, 0.29) is 28.7 Å². The zero-order chi connectivity index (χ0) is 29.8. The molecule has 41 heavy (non-hydrogen) atoms. The van der Waals surface area contributed by atoms with E-state index in [2.05, 4.69) is 5.10 Å². The summed E-state index contributed by atoms with van der Waals surface area (Å²) in [5.74, 6) is 0.637. The minimum absolute atomic E-state index is 0.120. The first kappa shape index (κ1) is 28.9. The number of methoxy groups -OCH3 is 2. The van der Waals surface area contributed by atoms with Gasteiger partial charge in [0.2, 0.25) is 0 Å². The molecule has 0 radical (unpaired) electrons. The Hall–Kier alpha value is -5.06. The van der Waals surface area contributed by atoms with E-state index in [0.29, 0.717) is 16.5 Å². The zero-order valence-electron chi connectivity index (χ0n) is 23.6. The number of benzene rings is 3. The summed E-state index contributed by atoms with van der Waals surface area (Å²) in [5, 5.41) is 16.3. The SMILES string of the molecule is COC(=O)[C@@H](C)Oc1ccc([N+](=O)[O-])cc1C=Nn1c(-c2cc(C(C)C)c(OC)cc2C)nc2ccccc2c1=O. The lowest BCUT2D eigenvalue weighted by molar-refractivity contribution is -0.384. The number of aryl methyl sites for hydroxylation is 1. The zero-order valence-corrected chi connectivity index (χ0v) is 23.6. The molecule has 0 amide bonds. The number of para-hydroxylation sites is 1. The van der Waals surface area contributed by atoms with Gasteiger partial charge in [0.25, 0.3) is 11.2 Å².